The molecular weight excluding hydrogens is 416 g/mol. The molecule has 0 radical (unpaired) electrons. The number of fused-ring (bicyclic) bond motifs is 1. The summed E-state index contributed by atoms with van der Waals surface area (Å²) in [4.78, 5) is 17.1. The average molecular weight is 438 g/mol. The summed E-state index contributed by atoms with van der Waals surface area (Å²) in [5.74, 6) is 1.51. The minimum atomic E-state index is -0.683. The molecule has 0 atom stereocenters. The molecule has 2 aromatic heterocycles. The van der Waals surface area contributed by atoms with Crippen molar-refractivity contribution in [2.75, 3.05) is 5.32 Å². The molecule has 0 bridgehead atoms. The Morgan fingerprint density at radius 2 is 2.00 bits per heavy atom. The van der Waals surface area contributed by atoms with E-state index < -0.39 is 5.54 Å². The average Bonchev–Trinajstić information content (AvgIpc) is 3.73. The van der Waals surface area contributed by atoms with E-state index >= 15 is 0 Å². The molecule has 33 heavy (non-hydrogen) atoms. The number of amides is 1. The van der Waals surface area contributed by atoms with Crippen molar-refractivity contribution in [3.05, 3.63) is 53.7 Å². The zero-order valence-corrected chi connectivity index (χ0v) is 18.1. The molecule has 9 nitrogen and oxygen atoms in total. The van der Waals surface area contributed by atoms with E-state index in [1.54, 1.807) is 16.8 Å². The molecule has 3 N–H and O–H groups in total. The van der Waals surface area contributed by atoms with Gasteiger partial charge in [-0.1, -0.05) is 12.1 Å². The Bertz CT molecular complexity index is 1420. The lowest BCUT2D eigenvalue weighted by Gasteiger charge is -2.11. The first-order valence-electron chi connectivity index (χ1n) is 11.0. The third-order valence-electron chi connectivity index (χ3n) is 6.38. The highest BCUT2D eigenvalue weighted by atomic mass is 16.1. The van der Waals surface area contributed by atoms with Crippen molar-refractivity contribution in [3.8, 4) is 17.5 Å². The van der Waals surface area contributed by atoms with Crippen LogP contribution in [-0.2, 0) is 7.05 Å². The zero-order valence-electron chi connectivity index (χ0n) is 18.1. The summed E-state index contributed by atoms with van der Waals surface area (Å²) in [6.07, 6.45) is 5.65. The Hall–Kier alpha value is -4.19. The summed E-state index contributed by atoms with van der Waals surface area (Å²) < 4.78 is 1.72. The Balaban J connectivity index is 1.24. The number of aromatic amines is 1. The second kappa shape index (κ2) is 7.17. The van der Waals surface area contributed by atoms with Crippen LogP contribution in [0.5, 0.6) is 0 Å². The summed E-state index contributed by atoms with van der Waals surface area (Å²) in [6, 6.07) is 13.4. The molecule has 0 spiro atoms. The number of nitrogens with zero attached hydrogens (tertiary/aromatic N) is 5. The van der Waals surface area contributed by atoms with Gasteiger partial charge in [0.15, 0.2) is 5.82 Å². The van der Waals surface area contributed by atoms with Crippen LogP contribution in [0, 0.1) is 11.3 Å². The summed E-state index contributed by atoms with van der Waals surface area (Å²) in [7, 11) is 1.85. The fourth-order valence-electron chi connectivity index (χ4n) is 4.15. The normalized spacial score (nSPS) is 16.4. The third-order valence-corrected chi connectivity index (χ3v) is 6.38. The van der Waals surface area contributed by atoms with Crippen LogP contribution in [0.3, 0.4) is 0 Å². The molecule has 0 aliphatic heterocycles. The number of hydrogen-bond acceptors (Lipinski definition) is 6. The number of H-pyrrole nitrogens is 1. The van der Waals surface area contributed by atoms with Crippen LogP contribution in [0.1, 0.15) is 47.5 Å². The van der Waals surface area contributed by atoms with Gasteiger partial charge < -0.3 is 10.6 Å². The van der Waals surface area contributed by atoms with Crippen molar-refractivity contribution in [1.29, 1.82) is 5.26 Å². The van der Waals surface area contributed by atoms with Crippen LogP contribution in [-0.4, -0.2) is 36.4 Å². The number of carbonyl (C=O) groups is 1. The highest BCUT2D eigenvalue weighted by Crippen LogP contribution is 2.47. The largest absolute Gasteiger partial charge is 0.334 e. The lowest BCUT2D eigenvalue weighted by atomic mass is 10.0. The molecule has 0 saturated heterocycles. The van der Waals surface area contributed by atoms with Crippen LogP contribution in [0.15, 0.2) is 42.6 Å². The first kappa shape index (κ1) is 19.5. The molecule has 1 amide bonds. The van der Waals surface area contributed by atoms with E-state index in [0.717, 1.165) is 22.2 Å². The van der Waals surface area contributed by atoms with Gasteiger partial charge >= 0.3 is 0 Å². The molecule has 6 rings (SSSR count). The van der Waals surface area contributed by atoms with Gasteiger partial charge in [0.1, 0.15) is 5.54 Å². The molecule has 2 heterocycles. The monoisotopic (exact) mass is 438 g/mol. The Morgan fingerprint density at radius 1 is 1.21 bits per heavy atom. The summed E-state index contributed by atoms with van der Waals surface area (Å²) in [5, 5.41) is 28.4. The summed E-state index contributed by atoms with van der Waals surface area (Å²) >= 11 is 0. The number of nitrogens with one attached hydrogen (secondary N) is 3. The van der Waals surface area contributed by atoms with Gasteiger partial charge in [-0.05, 0) is 61.4 Å². The molecule has 2 saturated carbocycles. The highest BCUT2D eigenvalue weighted by molar-refractivity contribution is 5.95. The van der Waals surface area contributed by atoms with Crippen LogP contribution >= 0.6 is 0 Å². The zero-order chi connectivity index (χ0) is 22.6. The number of anilines is 2. The molecule has 0 unspecified atom stereocenters. The summed E-state index contributed by atoms with van der Waals surface area (Å²) in [5.41, 5.74) is 3.96. The van der Waals surface area contributed by atoms with Gasteiger partial charge in [-0.3, -0.25) is 9.89 Å². The maximum absolute atomic E-state index is 12.4. The lowest BCUT2D eigenvalue weighted by molar-refractivity contribution is 0.0941. The van der Waals surface area contributed by atoms with Crippen molar-refractivity contribution >= 4 is 28.4 Å². The number of aryl methyl sites for hydroxylation is 1. The van der Waals surface area contributed by atoms with Gasteiger partial charge in [0.25, 0.3) is 5.91 Å². The lowest BCUT2D eigenvalue weighted by Crippen LogP contribution is -2.35. The standard InChI is InChI=1S/C24H22N8O/c1-32-23(27-19-9-8-18-17(12-26-30-18)20(19)14-2-3-14)28-21(31-32)15-4-6-16(7-5-15)22(33)29-24(13-25)10-11-24/h4-9,12,14H,2-3,10-11H2,1H3,(H,26,30)(H,29,33)(H,27,28,31). The number of rotatable bonds is 6. The minimum absolute atomic E-state index is 0.237. The van der Waals surface area contributed by atoms with Crippen molar-refractivity contribution in [1.82, 2.24) is 30.3 Å². The highest BCUT2D eigenvalue weighted by Gasteiger charge is 2.44. The van der Waals surface area contributed by atoms with E-state index in [1.807, 2.05) is 31.4 Å². The van der Waals surface area contributed by atoms with Crippen molar-refractivity contribution in [2.45, 2.75) is 37.1 Å². The van der Waals surface area contributed by atoms with E-state index in [4.69, 9.17) is 4.98 Å². The molecular formula is C24H22N8O. The number of hydrogen-bond donors (Lipinski definition) is 3. The fraction of sp³-hybridized carbons (Fsp3) is 0.292. The van der Waals surface area contributed by atoms with E-state index in [0.29, 0.717) is 36.1 Å². The predicted octanol–water partition coefficient (Wildman–Crippen LogP) is 3.77. The molecule has 2 aromatic carbocycles. The Morgan fingerprint density at radius 3 is 2.70 bits per heavy atom. The number of benzene rings is 2. The molecule has 2 aliphatic rings. The van der Waals surface area contributed by atoms with Gasteiger partial charge in [-0.2, -0.15) is 15.3 Å². The van der Waals surface area contributed by atoms with Gasteiger partial charge in [0.2, 0.25) is 5.95 Å². The van der Waals surface area contributed by atoms with Gasteiger partial charge in [0.05, 0.1) is 17.8 Å². The second-order valence-corrected chi connectivity index (χ2v) is 8.87. The molecule has 2 aliphatic carbocycles. The molecule has 164 valence electrons. The van der Waals surface area contributed by atoms with E-state index in [-0.39, 0.29) is 5.91 Å². The topological polar surface area (TPSA) is 124 Å². The van der Waals surface area contributed by atoms with Crippen LogP contribution in [0.2, 0.25) is 0 Å². The quantitative estimate of drug-likeness (QED) is 0.421. The second-order valence-electron chi connectivity index (χ2n) is 8.87. The maximum Gasteiger partial charge on any atom is 0.252 e. The van der Waals surface area contributed by atoms with Crippen molar-refractivity contribution < 1.29 is 4.79 Å². The van der Waals surface area contributed by atoms with Crippen LogP contribution < -0.4 is 10.6 Å². The van der Waals surface area contributed by atoms with Crippen molar-refractivity contribution in [2.24, 2.45) is 7.05 Å². The van der Waals surface area contributed by atoms with Gasteiger partial charge in [-0.15, -0.1) is 5.10 Å². The molecule has 4 aromatic rings. The van der Waals surface area contributed by atoms with Crippen molar-refractivity contribution in [3.63, 3.8) is 0 Å². The predicted molar refractivity (Wildman–Crippen MR) is 123 cm³/mol. The van der Waals surface area contributed by atoms with Gasteiger partial charge in [-0.25, -0.2) is 4.68 Å². The van der Waals surface area contributed by atoms with Crippen LogP contribution in [0.4, 0.5) is 11.6 Å². The number of nitriles is 1. The Labute approximate surface area is 189 Å². The Kier molecular flexibility index (Phi) is 4.23. The number of carbonyl (C=O) groups excluding carboxylic acids is 1. The van der Waals surface area contributed by atoms with E-state index in [1.165, 1.54) is 18.4 Å². The maximum atomic E-state index is 12.4. The van der Waals surface area contributed by atoms with Crippen LogP contribution in [0.25, 0.3) is 22.3 Å². The first-order valence-corrected chi connectivity index (χ1v) is 11.0. The summed E-state index contributed by atoms with van der Waals surface area (Å²) in [6.45, 7) is 0. The molecule has 9 heteroatoms. The van der Waals surface area contributed by atoms with Gasteiger partial charge in [0, 0.05) is 29.2 Å². The van der Waals surface area contributed by atoms with E-state index in [2.05, 4.69) is 38.1 Å². The SMILES string of the molecule is Cn1nc(-c2ccc(C(=O)NC3(C#N)CC3)cc2)nc1Nc1ccc2[nH]ncc2c1C1CC1. The fourth-order valence-corrected chi connectivity index (χ4v) is 4.15. The molecule has 2 fully saturated rings. The number of aromatic nitrogens is 5. The first-order chi connectivity index (χ1) is 16.0. The van der Waals surface area contributed by atoms with E-state index in [9.17, 15) is 10.1 Å². The smallest absolute Gasteiger partial charge is 0.252 e. The minimum Gasteiger partial charge on any atom is -0.334 e. The third kappa shape index (κ3) is 3.49.